The third kappa shape index (κ3) is 13.1. The van der Waals surface area contributed by atoms with Gasteiger partial charge >= 0.3 is 20.1 Å². The van der Waals surface area contributed by atoms with Crippen LogP contribution in [0.4, 0.5) is 4.39 Å². The number of hydrogen-bond acceptors (Lipinski definition) is 4. The molecule has 364 valence electrons. The van der Waals surface area contributed by atoms with Crippen LogP contribution in [0.1, 0.15) is 76.1 Å². The largest absolute Gasteiger partial charge is 3.00 e. The quantitative estimate of drug-likeness (QED) is 0.118. The number of aromatic nitrogens is 3. The van der Waals surface area contributed by atoms with E-state index in [0.29, 0.717) is 33.7 Å². The molecule has 0 fully saturated rings. The summed E-state index contributed by atoms with van der Waals surface area (Å²) in [5.74, 6) is -0.389. The van der Waals surface area contributed by atoms with Gasteiger partial charge in [0.2, 0.25) is 0 Å². The molecular formula is C65H63FIrN3OSi. The molecule has 0 aliphatic carbocycles. The van der Waals surface area contributed by atoms with Crippen molar-refractivity contribution in [2.75, 3.05) is 0 Å². The number of benzene rings is 6. The number of fused-ring (bicyclic) bond motifs is 3. The fraction of sp³-hybridized carbons (Fsp3) is 0.215. The van der Waals surface area contributed by atoms with E-state index in [0.717, 1.165) is 38.7 Å². The molecule has 0 radical (unpaired) electrons. The third-order valence-corrected chi connectivity index (χ3v) is 13.8. The molecule has 0 aliphatic heterocycles. The van der Waals surface area contributed by atoms with Crippen LogP contribution in [0.3, 0.4) is 0 Å². The molecule has 0 saturated carbocycles. The topological polar surface area (TPSA) is 51.8 Å². The van der Waals surface area contributed by atoms with Crippen molar-refractivity contribution >= 4 is 35.2 Å². The van der Waals surface area contributed by atoms with Crippen molar-refractivity contribution in [1.82, 2.24) is 15.0 Å². The summed E-state index contributed by atoms with van der Waals surface area (Å²) in [5.41, 5.74) is 7.64. The van der Waals surface area contributed by atoms with Gasteiger partial charge in [-0.2, -0.15) is 6.07 Å². The van der Waals surface area contributed by atoms with Crippen molar-refractivity contribution < 1.29 is 41.2 Å². The summed E-state index contributed by atoms with van der Waals surface area (Å²) in [6, 6.07) is 53.2. The van der Waals surface area contributed by atoms with Crippen LogP contribution in [-0.2, 0) is 31.9 Å². The van der Waals surface area contributed by atoms with E-state index in [9.17, 15) is 4.39 Å². The van der Waals surface area contributed by atoms with Gasteiger partial charge in [-0.1, -0.05) is 175 Å². The molecule has 6 aromatic carbocycles. The Labute approximate surface area is 453 Å². The van der Waals surface area contributed by atoms with Crippen LogP contribution in [-0.4, -0.2) is 23.0 Å². The number of nitrogens with zero attached hydrogens (tertiary/aromatic N) is 3. The molecule has 4 aromatic heterocycles. The first-order valence-electron chi connectivity index (χ1n) is 28.1. The Morgan fingerprint density at radius 2 is 1.40 bits per heavy atom. The van der Waals surface area contributed by atoms with Crippen molar-refractivity contribution in [3.05, 3.63) is 216 Å². The fourth-order valence-corrected chi connectivity index (χ4v) is 8.94. The molecule has 0 amide bonds. The predicted molar refractivity (Wildman–Crippen MR) is 298 cm³/mol. The third-order valence-electron chi connectivity index (χ3n) is 11.7. The number of furan rings is 1. The van der Waals surface area contributed by atoms with Crippen molar-refractivity contribution in [3.8, 4) is 56.0 Å². The summed E-state index contributed by atoms with van der Waals surface area (Å²) in [5, 5.41) is 3.14. The van der Waals surface area contributed by atoms with E-state index in [-0.39, 0.29) is 65.2 Å². The Hall–Kier alpha value is -6.63. The van der Waals surface area contributed by atoms with E-state index >= 15 is 0 Å². The summed E-state index contributed by atoms with van der Waals surface area (Å²) in [7, 11) is -1.23. The molecule has 7 heteroatoms. The monoisotopic (exact) mass is 1150 g/mol. The molecule has 10 aromatic rings. The molecule has 0 spiro atoms. The van der Waals surface area contributed by atoms with Gasteiger partial charge in [-0.05, 0) is 104 Å². The maximum atomic E-state index is 12.7. The zero-order valence-corrected chi connectivity index (χ0v) is 45.4. The van der Waals surface area contributed by atoms with Crippen molar-refractivity contribution in [2.24, 2.45) is 5.41 Å². The molecule has 0 atom stereocenters. The fourth-order valence-electron chi connectivity index (χ4n) is 7.90. The van der Waals surface area contributed by atoms with E-state index in [2.05, 4.69) is 85.7 Å². The van der Waals surface area contributed by atoms with E-state index in [1.54, 1.807) is 39.0 Å². The minimum atomic E-state index is -2.77. The molecule has 0 saturated heterocycles. The second-order valence-electron chi connectivity index (χ2n) is 20.5. The minimum absolute atomic E-state index is 0. The van der Waals surface area contributed by atoms with E-state index < -0.39 is 33.6 Å². The zero-order valence-electron chi connectivity index (χ0n) is 51.0. The van der Waals surface area contributed by atoms with E-state index in [1.807, 2.05) is 103 Å². The molecular weight excluding hydrogens is 1080 g/mol. The van der Waals surface area contributed by atoms with Crippen LogP contribution < -0.4 is 5.19 Å². The number of hydrogen-bond donors (Lipinski definition) is 0. The average molecular weight is 1150 g/mol. The van der Waals surface area contributed by atoms with Gasteiger partial charge in [-0.25, -0.2) is 0 Å². The number of pyridine rings is 3. The molecule has 0 bridgehead atoms. The van der Waals surface area contributed by atoms with Crippen molar-refractivity contribution in [2.45, 2.75) is 86.7 Å². The maximum Gasteiger partial charge on any atom is 3.00 e. The average Bonchev–Trinajstić information content (AvgIpc) is 4.08. The summed E-state index contributed by atoms with van der Waals surface area (Å²) in [6.45, 7) is 13.1. The first-order chi connectivity index (χ1) is 37.4. The van der Waals surface area contributed by atoms with Crippen LogP contribution in [0, 0.1) is 43.1 Å². The summed E-state index contributed by atoms with van der Waals surface area (Å²) < 4.78 is 95.7. The Balaban J connectivity index is 0.000000225. The van der Waals surface area contributed by atoms with Gasteiger partial charge in [0, 0.05) is 40.8 Å². The molecule has 10 rings (SSSR count). The molecule has 0 N–H and O–H groups in total. The van der Waals surface area contributed by atoms with Gasteiger partial charge in [0.05, 0.1) is 15.0 Å². The molecule has 0 unspecified atom stereocenters. The smallest absolute Gasteiger partial charge is 0.501 e. The van der Waals surface area contributed by atoms with Crippen LogP contribution in [0.5, 0.6) is 0 Å². The first-order valence-corrected chi connectivity index (χ1v) is 27.1. The second kappa shape index (κ2) is 22.4. The Bertz CT molecular complexity index is 3780. The normalized spacial score (nSPS) is 13.9. The second-order valence-corrected chi connectivity index (χ2v) is 25.6. The van der Waals surface area contributed by atoms with Gasteiger partial charge in [0.15, 0.2) is 0 Å². The van der Waals surface area contributed by atoms with Crippen molar-refractivity contribution in [1.29, 1.82) is 0 Å². The van der Waals surface area contributed by atoms with Crippen LogP contribution in [0.25, 0.3) is 78.0 Å². The Kier molecular flexibility index (Phi) is 13.1. The van der Waals surface area contributed by atoms with Crippen LogP contribution >= 0.6 is 0 Å². The summed E-state index contributed by atoms with van der Waals surface area (Å²) >= 11 is 0. The summed E-state index contributed by atoms with van der Waals surface area (Å²) in [6.07, 6.45) is 3.05. The van der Waals surface area contributed by atoms with Gasteiger partial charge in [0.1, 0.15) is 5.58 Å². The van der Waals surface area contributed by atoms with Gasteiger partial charge in [-0.15, -0.1) is 65.7 Å². The Morgan fingerprint density at radius 3 is 2.04 bits per heavy atom. The molecule has 4 heterocycles. The molecule has 72 heavy (non-hydrogen) atoms. The summed E-state index contributed by atoms with van der Waals surface area (Å²) in [4.78, 5) is 12.8. The standard InChI is InChI=1S/C37H33O.C14H14FN2.C14H16NSi.Ir/c1-24-14-16-29(21-34(24)30-18-15-26(20-25(30)2)23-37(3,4)5)31-12-9-13-33-32-19-17-28(22-35(32)38-36(31)33)27-10-7-6-8-11-27;1-14(2,3)10-4-6-12(16-8-10)13-7-5-11(15)9-17-13;1-16(2,3)13-9-10-14(15-11-13)12-7-5-4-6-8-12;/h6-11,13-22H,23H2,1-5H3;4-6,8-9H,1-3H3;4-7,9-11H,1-3H3;/q3*-1;+3/i1D3,2D3,18D,23D2;;;. The molecule has 0 aliphatic rings. The van der Waals surface area contributed by atoms with Gasteiger partial charge < -0.3 is 14.4 Å². The number of halogens is 1. The molecule has 4 nitrogen and oxygen atoms in total. The van der Waals surface area contributed by atoms with Crippen LogP contribution in [0.2, 0.25) is 19.6 Å². The first kappa shape index (κ1) is 41.9. The predicted octanol–water partition coefficient (Wildman–Crippen LogP) is 17.1. The van der Waals surface area contributed by atoms with E-state index in [4.69, 9.17) is 16.8 Å². The minimum Gasteiger partial charge on any atom is -0.501 e. The Morgan fingerprint density at radius 1 is 0.653 bits per heavy atom. The SMILES string of the molecule is CC(C)(C)c1ccc(-c2[c-]cc(F)cn2)nc1.C[Si](C)(C)c1ccc(-c2[c-]cccc2)nc1.[2H]c1cc(C([2H])([2H])C(C)(C)C)cc(C([2H])([2H])[2H])c1-c1cc(-c2[c-]ccc3c2oc2cc(-c4ccccc4)ccc23)ccc1C([2H])([2H])[2H].[Ir+3]. The van der Waals surface area contributed by atoms with Crippen molar-refractivity contribution in [3.63, 3.8) is 0 Å². The number of aryl methyl sites for hydroxylation is 2. The zero-order chi connectivity index (χ0) is 58.2. The van der Waals surface area contributed by atoms with Gasteiger partial charge in [0.25, 0.3) is 0 Å². The van der Waals surface area contributed by atoms with Crippen LogP contribution in [0.15, 0.2) is 175 Å². The van der Waals surface area contributed by atoms with E-state index in [1.165, 1.54) is 35.6 Å². The number of rotatable bonds is 7. The maximum absolute atomic E-state index is 12.7. The van der Waals surface area contributed by atoms with Gasteiger partial charge in [-0.3, -0.25) is 9.37 Å².